The monoisotopic (exact) mass is 235 g/mol. The third kappa shape index (κ3) is 4.78. The van der Waals surface area contributed by atoms with Crippen LogP contribution in [0.5, 0.6) is 5.75 Å². The summed E-state index contributed by atoms with van der Waals surface area (Å²) in [4.78, 5) is 0. The zero-order valence-electron chi connectivity index (χ0n) is 11.7. The topological polar surface area (TPSA) is 21.3 Å². The molecule has 1 unspecified atom stereocenters. The van der Waals surface area contributed by atoms with Gasteiger partial charge in [-0.15, -0.1) is 0 Å². The normalized spacial score (nSPS) is 13.5. The van der Waals surface area contributed by atoms with E-state index < -0.39 is 0 Å². The number of hydrogen-bond acceptors (Lipinski definition) is 2. The highest BCUT2D eigenvalue weighted by molar-refractivity contribution is 5.32. The number of benzene rings is 1. The van der Waals surface area contributed by atoms with Gasteiger partial charge >= 0.3 is 0 Å². The lowest BCUT2D eigenvalue weighted by atomic mass is 9.87. The van der Waals surface area contributed by atoms with E-state index >= 15 is 0 Å². The van der Waals surface area contributed by atoms with Gasteiger partial charge in [0.05, 0.1) is 6.10 Å². The van der Waals surface area contributed by atoms with Gasteiger partial charge < -0.3 is 10.1 Å². The van der Waals surface area contributed by atoms with Crippen LogP contribution in [0, 0.1) is 0 Å². The van der Waals surface area contributed by atoms with E-state index in [-0.39, 0.29) is 11.5 Å². The number of nitrogens with one attached hydrogen (secondary N) is 1. The highest BCUT2D eigenvalue weighted by Crippen LogP contribution is 2.26. The summed E-state index contributed by atoms with van der Waals surface area (Å²) in [7, 11) is 1.97. The van der Waals surface area contributed by atoms with Crippen LogP contribution >= 0.6 is 0 Å². The fourth-order valence-electron chi connectivity index (χ4n) is 1.67. The summed E-state index contributed by atoms with van der Waals surface area (Å²) in [6.07, 6.45) is 1.27. The lowest BCUT2D eigenvalue weighted by Crippen LogP contribution is -2.19. The number of hydrogen-bond donors (Lipinski definition) is 1. The van der Waals surface area contributed by atoms with Crippen LogP contribution in [0.2, 0.25) is 0 Å². The van der Waals surface area contributed by atoms with Gasteiger partial charge in [-0.1, -0.05) is 32.9 Å². The lowest BCUT2D eigenvalue weighted by molar-refractivity contribution is 0.210. The Morgan fingerprint density at radius 3 is 2.59 bits per heavy atom. The first-order valence-corrected chi connectivity index (χ1v) is 6.35. The zero-order valence-corrected chi connectivity index (χ0v) is 11.7. The molecule has 0 saturated carbocycles. The van der Waals surface area contributed by atoms with Crippen molar-refractivity contribution in [1.29, 1.82) is 0 Å². The van der Waals surface area contributed by atoms with Crippen LogP contribution in [-0.2, 0) is 5.41 Å². The van der Waals surface area contributed by atoms with E-state index in [9.17, 15) is 0 Å². The summed E-state index contributed by atoms with van der Waals surface area (Å²) in [6, 6.07) is 8.41. The Labute approximate surface area is 105 Å². The average molecular weight is 235 g/mol. The van der Waals surface area contributed by atoms with Gasteiger partial charge in [-0.25, -0.2) is 0 Å². The van der Waals surface area contributed by atoms with E-state index in [1.165, 1.54) is 5.56 Å². The average Bonchev–Trinajstić information content (AvgIpc) is 2.25. The van der Waals surface area contributed by atoms with Crippen LogP contribution in [0.15, 0.2) is 24.3 Å². The Kier molecular flexibility index (Phi) is 5.01. The first-order valence-electron chi connectivity index (χ1n) is 6.35. The minimum atomic E-state index is 0.174. The molecule has 0 radical (unpaired) electrons. The molecule has 0 spiro atoms. The summed E-state index contributed by atoms with van der Waals surface area (Å²) in [5.41, 5.74) is 1.49. The standard InChI is InChI=1S/C15H25NO/c1-12(9-10-16-5)17-14-8-6-7-13(11-14)15(2,3)4/h6-8,11-12,16H,9-10H2,1-5H3. The molecular weight excluding hydrogens is 210 g/mol. The first-order chi connectivity index (χ1) is 7.93. The molecule has 0 amide bonds. The minimum Gasteiger partial charge on any atom is -0.491 e. The molecule has 1 aromatic rings. The Morgan fingerprint density at radius 2 is 2.00 bits per heavy atom. The molecule has 0 aliphatic carbocycles. The molecular formula is C15H25NO. The molecule has 0 bridgehead atoms. The van der Waals surface area contributed by atoms with Gasteiger partial charge in [-0.2, -0.15) is 0 Å². The maximum Gasteiger partial charge on any atom is 0.119 e. The molecule has 1 aromatic carbocycles. The van der Waals surface area contributed by atoms with Crippen LogP contribution < -0.4 is 10.1 Å². The van der Waals surface area contributed by atoms with Crippen LogP contribution in [0.4, 0.5) is 0 Å². The zero-order chi connectivity index (χ0) is 12.9. The minimum absolute atomic E-state index is 0.174. The highest BCUT2D eigenvalue weighted by Gasteiger charge is 2.14. The molecule has 0 aromatic heterocycles. The quantitative estimate of drug-likeness (QED) is 0.845. The molecule has 0 aliphatic rings. The molecule has 1 atom stereocenters. The van der Waals surface area contributed by atoms with E-state index in [0.717, 1.165) is 18.7 Å². The SMILES string of the molecule is CNCCC(C)Oc1cccc(C(C)(C)C)c1. The first kappa shape index (κ1) is 14.0. The smallest absolute Gasteiger partial charge is 0.119 e. The number of rotatable bonds is 5. The second kappa shape index (κ2) is 6.06. The van der Waals surface area contributed by atoms with E-state index in [2.05, 4.69) is 51.2 Å². The fraction of sp³-hybridized carbons (Fsp3) is 0.600. The fourth-order valence-corrected chi connectivity index (χ4v) is 1.67. The van der Waals surface area contributed by atoms with Crippen molar-refractivity contribution in [3.05, 3.63) is 29.8 Å². The largest absolute Gasteiger partial charge is 0.491 e. The molecule has 0 heterocycles. The van der Waals surface area contributed by atoms with Crippen molar-refractivity contribution < 1.29 is 4.74 Å². The predicted molar refractivity (Wildman–Crippen MR) is 73.8 cm³/mol. The van der Waals surface area contributed by atoms with Crippen molar-refractivity contribution in [1.82, 2.24) is 5.32 Å². The Morgan fingerprint density at radius 1 is 1.29 bits per heavy atom. The summed E-state index contributed by atoms with van der Waals surface area (Å²) in [5.74, 6) is 0.973. The molecule has 0 saturated heterocycles. The maximum absolute atomic E-state index is 5.91. The third-order valence-electron chi connectivity index (χ3n) is 2.84. The second-order valence-electron chi connectivity index (χ2n) is 5.60. The van der Waals surface area contributed by atoms with Crippen molar-refractivity contribution in [3.63, 3.8) is 0 Å². The number of ether oxygens (including phenoxy) is 1. The van der Waals surface area contributed by atoms with Crippen LogP contribution in [0.1, 0.15) is 39.7 Å². The van der Waals surface area contributed by atoms with Gasteiger partial charge in [0.25, 0.3) is 0 Å². The van der Waals surface area contributed by atoms with Crippen molar-refractivity contribution in [2.75, 3.05) is 13.6 Å². The van der Waals surface area contributed by atoms with Gasteiger partial charge in [0.15, 0.2) is 0 Å². The van der Waals surface area contributed by atoms with Crippen molar-refractivity contribution in [3.8, 4) is 5.75 Å². The van der Waals surface area contributed by atoms with Crippen LogP contribution in [0.3, 0.4) is 0 Å². The van der Waals surface area contributed by atoms with Gasteiger partial charge in [-0.3, -0.25) is 0 Å². The molecule has 17 heavy (non-hydrogen) atoms. The van der Waals surface area contributed by atoms with E-state index in [4.69, 9.17) is 4.74 Å². The Bertz CT molecular complexity index is 341. The summed E-state index contributed by atoms with van der Waals surface area (Å²) < 4.78 is 5.91. The van der Waals surface area contributed by atoms with Crippen LogP contribution in [-0.4, -0.2) is 19.7 Å². The van der Waals surface area contributed by atoms with Crippen LogP contribution in [0.25, 0.3) is 0 Å². The van der Waals surface area contributed by atoms with Gasteiger partial charge in [-0.05, 0) is 50.0 Å². The predicted octanol–water partition coefficient (Wildman–Crippen LogP) is 3.36. The van der Waals surface area contributed by atoms with Gasteiger partial charge in [0, 0.05) is 0 Å². The molecule has 96 valence electrons. The summed E-state index contributed by atoms with van der Waals surface area (Å²) >= 11 is 0. The van der Waals surface area contributed by atoms with E-state index in [1.54, 1.807) is 0 Å². The summed E-state index contributed by atoms with van der Waals surface area (Å²) in [5, 5.41) is 3.14. The molecule has 2 heteroatoms. The van der Waals surface area contributed by atoms with Crippen molar-refractivity contribution in [2.45, 2.75) is 45.6 Å². The van der Waals surface area contributed by atoms with E-state index in [0.29, 0.717) is 0 Å². The molecule has 1 rings (SSSR count). The summed E-state index contributed by atoms with van der Waals surface area (Å²) in [6.45, 7) is 9.75. The van der Waals surface area contributed by atoms with Gasteiger partial charge in [0.2, 0.25) is 0 Å². The highest BCUT2D eigenvalue weighted by atomic mass is 16.5. The molecule has 1 N–H and O–H groups in total. The lowest BCUT2D eigenvalue weighted by Gasteiger charge is -2.21. The molecule has 0 fully saturated rings. The van der Waals surface area contributed by atoms with Crippen molar-refractivity contribution in [2.24, 2.45) is 0 Å². The Hall–Kier alpha value is -1.02. The van der Waals surface area contributed by atoms with Crippen molar-refractivity contribution >= 4 is 0 Å². The second-order valence-corrected chi connectivity index (χ2v) is 5.60. The third-order valence-corrected chi connectivity index (χ3v) is 2.84. The Balaban J connectivity index is 2.66. The van der Waals surface area contributed by atoms with Gasteiger partial charge in [0.1, 0.15) is 5.75 Å². The van der Waals surface area contributed by atoms with E-state index in [1.807, 2.05) is 13.1 Å². The molecule has 2 nitrogen and oxygen atoms in total. The maximum atomic E-state index is 5.91. The molecule has 0 aliphatic heterocycles.